The van der Waals surface area contributed by atoms with Gasteiger partial charge in [-0.2, -0.15) is 4.98 Å². The molecule has 0 saturated carbocycles. The molecule has 0 amide bonds. The zero-order chi connectivity index (χ0) is 17.9. The van der Waals surface area contributed by atoms with Crippen LogP contribution in [0.4, 0.5) is 5.82 Å². The highest BCUT2D eigenvalue weighted by atomic mass is 16.5. The fourth-order valence-corrected chi connectivity index (χ4v) is 3.68. The Hall–Kier alpha value is -2.54. The van der Waals surface area contributed by atoms with Gasteiger partial charge >= 0.3 is 0 Å². The molecule has 7 heteroatoms. The Kier molecular flexibility index (Phi) is 4.79. The maximum Gasteiger partial charge on any atom is 0.263 e. The maximum atomic E-state index is 5.32. The van der Waals surface area contributed by atoms with Crippen molar-refractivity contribution in [1.82, 2.24) is 25.0 Å². The number of aromatic nitrogens is 4. The summed E-state index contributed by atoms with van der Waals surface area (Å²) in [6, 6.07) is 4.41. The first-order chi connectivity index (χ1) is 12.7. The van der Waals surface area contributed by atoms with Crippen molar-refractivity contribution in [2.24, 2.45) is 0 Å². The van der Waals surface area contributed by atoms with E-state index in [1.54, 1.807) is 0 Å². The third-order valence-electron chi connectivity index (χ3n) is 4.98. The lowest BCUT2D eigenvalue weighted by Gasteiger charge is -2.35. The number of rotatable bonds is 5. The van der Waals surface area contributed by atoms with Crippen molar-refractivity contribution < 1.29 is 4.52 Å². The molecule has 1 aliphatic heterocycles. The van der Waals surface area contributed by atoms with Gasteiger partial charge in [0.05, 0.1) is 11.7 Å². The minimum absolute atomic E-state index is 0.259. The van der Waals surface area contributed by atoms with Gasteiger partial charge in [0.2, 0.25) is 0 Å². The third-order valence-corrected chi connectivity index (χ3v) is 4.98. The molecule has 0 spiro atoms. The van der Waals surface area contributed by atoms with Gasteiger partial charge in [0.25, 0.3) is 5.71 Å². The van der Waals surface area contributed by atoms with Gasteiger partial charge in [-0.05, 0) is 51.4 Å². The van der Waals surface area contributed by atoms with Crippen molar-refractivity contribution in [3.8, 4) is 0 Å². The molecule has 26 heavy (non-hydrogen) atoms. The van der Waals surface area contributed by atoms with E-state index in [0.29, 0.717) is 11.5 Å². The Morgan fingerprint density at radius 2 is 2.04 bits per heavy atom. The highest BCUT2D eigenvalue weighted by Crippen LogP contribution is 2.27. The monoisotopic (exact) mass is 352 g/mol. The number of nitrogens with one attached hydrogen (secondary N) is 1. The standard InChI is InChI=1S/C19H24N6O/c1-13-17-18(22-14(2)23-19(17)26-24-13)21-12-16(15-7-6-8-20-11-15)25-9-4-3-5-10-25/h6-8,11,16H,3-5,9-10,12H2,1-2H3,(H,21,22,23). The number of fused-ring (bicyclic) bond motifs is 1. The van der Waals surface area contributed by atoms with Gasteiger partial charge in [0.15, 0.2) is 0 Å². The molecule has 4 rings (SSSR count). The lowest BCUT2D eigenvalue weighted by Crippen LogP contribution is -2.37. The van der Waals surface area contributed by atoms with Gasteiger partial charge in [-0.15, -0.1) is 0 Å². The van der Waals surface area contributed by atoms with E-state index >= 15 is 0 Å². The molecule has 1 unspecified atom stereocenters. The van der Waals surface area contributed by atoms with Crippen molar-refractivity contribution in [2.75, 3.05) is 25.0 Å². The summed E-state index contributed by atoms with van der Waals surface area (Å²) in [6.45, 7) is 6.77. The number of nitrogens with zero attached hydrogens (tertiary/aromatic N) is 5. The second-order valence-corrected chi connectivity index (χ2v) is 6.85. The molecule has 4 heterocycles. The van der Waals surface area contributed by atoms with Gasteiger partial charge in [0.1, 0.15) is 17.0 Å². The molecule has 1 atom stereocenters. The molecular weight excluding hydrogens is 328 g/mol. The number of piperidine rings is 1. The fraction of sp³-hybridized carbons (Fsp3) is 0.474. The van der Waals surface area contributed by atoms with Crippen molar-refractivity contribution in [3.63, 3.8) is 0 Å². The van der Waals surface area contributed by atoms with Gasteiger partial charge in [0, 0.05) is 18.9 Å². The van der Waals surface area contributed by atoms with Crippen LogP contribution < -0.4 is 5.32 Å². The van der Waals surface area contributed by atoms with Crippen LogP contribution in [0.2, 0.25) is 0 Å². The Morgan fingerprint density at radius 1 is 1.19 bits per heavy atom. The van der Waals surface area contributed by atoms with Crippen molar-refractivity contribution in [3.05, 3.63) is 41.6 Å². The summed E-state index contributed by atoms with van der Waals surface area (Å²) in [7, 11) is 0. The van der Waals surface area contributed by atoms with Crippen LogP contribution in [0.3, 0.4) is 0 Å². The number of anilines is 1. The van der Waals surface area contributed by atoms with Crippen LogP contribution >= 0.6 is 0 Å². The van der Waals surface area contributed by atoms with Crippen LogP contribution in [-0.4, -0.2) is 44.6 Å². The van der Waals surface area contributed by atoms with Gasteiger partial charge < -0.3 is 9.84 Å². The first-order valence-corrected chi connectivity index (χ1v) is 9.21. The topological polar surface area (TPSA) is 80.0 Å². The summed E-state index contributed by atoms with van der Waals surface area (Å²) < 4.78 is 5.32. The van der Waals surface area contributed by atoms with E-state index in [1.807, 2.05) is 32.3 Å². The van der Waals surface area contributed by atoms with Gasteiger partial charge in [-0.25, -0.2) is 4.98 Å². The molecule has 7 nitrogen and oxygen atoms in total. The smallest absolute Gasteiger partial charge is 0.263 e. The zero-order valence-corrected chi connectivity index (χ0v) is 15.3. The summed E-state index contributed by atoms with van der Waals surface area (Å²) in [5.74, 6) is 1.46. The Bertz CT molecular complexity index is 872. The average molecular weight is 352 g/mol. The van der Waals surface area contributed by atoms with Crippen molar-refractivity contribution in [2.45, 2.75) is 39.2 Å². The molecule has 3 aromatic heterocycles. The minimum Gasteiger partial charge on any atom is -0.367 e. The normalized spacial score (nSPS) is 16.7. The molecule has 0 aromatic carbocycles. The van der Waals surface area contributed by atoms with Crippen molar-refractivity contribution in [1.29, 1.82) is 0 Å². The number of hydrogen-bond donors (Lipinski definition) is 1. The molecule has 1 N–H and O–H groups in total. The van der Waals surface area contributed by atoms with E-state index in [1.165, 1.54) is 24.8 Å². The van der Waals surface area contributed by atoms with Crippen LogP contribution in [-0.2, 0) is 0 Å². The third kappa shape index (κ3) is 3.39. The van der Waals surface area contributed by atoms with E-state index in [0.717, 1.165) is 36.5 Å². The molecule has 3 aromatic rings. The lowest BCUT2D eigenvalue weighted by atomic mass is 10.0. The highest BCUT2D eigenvalue weighted by Gasteiger charge is 2.23. The lowest BCUT2D eigenvalue weighted by molar-refractivity contribution is 0.170. The number of likely N-dealkylation sites (tertiary alicyclic amines) is 1. The molecule has 1 aliphatic rings. The SMILES string of the molecule is Cc1nc(NCC(c2cccnc2)N2CCCCC2)c2c(C)noc2n1. The molecule has 1 saturated heterocycles. The first kappa shape index (κ1) is 16.9. The summed E-state index contributed by atoms with van der Waals surface area (Å²) in [4.78, 5) is 15.8. The molecule has 0 bridgehead atoms. The van der Waals surface area contributed by atoms with E-state index in [-0.39, 0.29) is 6.04 Å². The van der Waals surface area contributed by atoms with Crippen LogP contribution in [0, 0.1) is 13.8 Å². The summed E-state index contributed by atoms with van der Waals surface area (Å²) >= 11 is 0. The maximum absolute atomic E-state index is 5.32. The average Bonchev–Trinajstić information content (AvgIpc) is 3.04. The van der Waals surface area contributed by atoms with Crippen LogP contribution in [0.15, 0.2) is 29.0 Å². The second kappa shape index (κ2) is 7.37. The number of aryl methyl sites for hydroxylation is 2. The zero-order valence-electron chi connectivity index (χ0n) is 15.3. The Labute approximate surface area is 152 Å². The quantitative estimate of drug-likeness (QED) is 0.755. The van der Waals surface area contributed by atoms with E-state index in [4.69, 9.17) is 4.52 Å². The largest absolute Gasteiger partial charge is 0.367 e. The minimum atomic E-state index is 0.259. The van der Waals surface area contributed by atoms with Crippen LogP contribution in [0.25, 0.3) is 11.1 Å². The van der Waals surface area contributed by atoms with Gasteiger partial charge in [-0.3, -0.25) is 9.88 Å². The summed E-state index contributed by atoms with van der Waals surface area (Å²) in [6.07, 6.45) is 7.60. The Balaban J connectivity index is 1.61. The predicted molar refractivity (Wildman–Crippen MR) is 100.0 cm³/mol. The van der Waals surface area contributed by atoms with Crippen molar-refractivity contribution >= 4 is 16.9 Å². The molecule has 136 valence electrons. The highest BCUT2D eigenvalue weighted by molar-refractivity contribution is 5.87. The summed E-state index contributed by atoms with van der Waals surface area (Å²) in [5.41, 5.74) is 2.57. The van der Waals surface area contributed by atoms with Gasteiger partial charge in [-0.1, -0.05) is 17.6 Å². The van der Waals surface area contributed by atoms with E-state index in [2.05, 4.69) is 36.4 Å². The van der Waals surface area contributed by atoms with E-state index < -0.39 is 0 Å². The number of hydrogen-bond acceptors (Lipinski definition) is 7. The second-order valence-electron chi connectivity index (χ2n) is 6.85. The van der Waals surface area contributed by atoms with Crippen LogP contribution in [0.1, 0.15) is 42.4 Å². The molecule has 1 fully saturated rings. The number of pyridine rings is 1. The first-order valence-electron chi connectivity index (χ1n) is 9.21. The Morgan fingerprint density at radius 3 is 2.81 bits per heavy atom. The fourth-order valence-electron chi connectivity index (χ4n) is 3.68. The summed E-state index contributed by atoms with van der Waals surface area (Å²) in [5, 5.41) is 8.43. The van der Waals surface area contributed by atoms with E-state index in [9.17, 15) is 0 Å². The molecule has 0 radical (unpaired) electrons. The molecular formula is C19H24N6O. The molecule has 0 aliphatic carbocycles. The predicted octanol–water partition coefficient (Wildman–Crippen LogP) is 3.27. The van der Waals surface area contributed by atoms with Crippen LogP contribution in [0.5, 0.6) is 0 Å².